The van der Waals surface area contributed by atoms with Crippen LogP contribution in [0.15, 0.2) is 30.6 Å². The maximum atomic E-state index is 13.5. The minimum absolute atomic E-state index is 0.142. The first-order chi connectivity index (χ1) is 7.68. The summed E-state index contributed by atoms with van der Waals surface area (Å²) in [6.45, 7) is 0. The van der Waals surface area contributed by atoms with Crippen LogP contribution in [-0.2, 0) is 6.42 Å². The molecule has 2 aromatic rings. The third-order valence-electron chi connectivity index (χ3n) is 2.20. The summed E-state index contributed by atoms with van der Waals surface area (Å²) in [5.74, 6) is -0.723. The van der Waals surface area contributed by atoms with E-state index in [1.807, 2.05) is 18.2 Å². The van der Waals surface area contributed by atoms with Crippen molar-refractivity contribution in [1.29, 1.82) is 0 Å². The molecule has 0 bridgehead atoms. The quantitative estimate of drug-likeness (QED) is 0.873. The first-order valence-electron chi connectivity index (χ1n) is 4.66. The topological polar surface area (TPSA) is 51.8 Å². The van der Waals surface area contributed by atoms with E-state index in [1.54, 1.807) is 6.07 Å². The van der Waals surface area contributed by atoms with Crippen LogP contribution in [0, 0.1) is 5.82 Å². The highest BCUT2D eigenvalue weighted by Crippen LogP contribution is 2.20. The Hall–Kier alpha value is -1.68. The number of aromatic nitrogens is 2. The molecule has 0 aliphatic rings. The predicted octanol–water partition coefficient (Wildman–Crippen LogP) is 2.44. The number of benzene rings is 1. The van der Waals surface area contributed by atoms with Crippen LogP contribution in [0.2, 0.25) is 5.02 Å². The maximum Gasteiger partial charge on any atom is 0.187 e. The number of anilines is 1. The van der Waals surface area contributed by atoms with Gasteiger partial charge in [0.2, 0.25) is 0 Å². The monoisotopic (exact) mass is 237 g/mol. The van der Waals surface area contributed by atoms with E-state index in [4.69, 9.17) is 17.3 Å². The molecular weight excluding hydrogens is 229 g/mol. The largest absolute Gasteiger partial charge is 0.381 e. The number of hydrogen-bond acceptors (Lipinski definition) is 3. The van der Waals surface area contributed by atoms with Gasteiger partial charge in [-0.2, -0.15) is 0 Å². The molecule has 0 atom stereocenters. The molecular formula is C11H9ClFN3. The summed E-state index contributed by atoms with van der Waals surface area (Å²) in [5.41, 5.74) is 6.41. The van der Waals surface area contributed by atoms with Crippen LogP contribution in [-0.4, -0.2) is 9.97 Å². The molecule has 0 amide bonds. The van der Waals surface area contributed by atoms with Crippen LogP contribution in [0.1, 0.15) is 11.3 Å². The van der Waals surface area contributed by atoms with Crippen molar-refractivity contribution in [2.45, 2.75) is 6.42 Å². The lowest BCUT2D eigenvalue weighted by Crippen LogP contribution is -2.03. The predicted molar refractivity (Wildman–Crippen MR) is 60.7 cm³/mol. The average molecular weight is 238 g/mol. The van der Waals surface area contributed by atoms with Crippen LogP contribution in [0.3, 0.4) is 0 Å². The van der Waals surface area contributed by atoms with Gasteiger partial charge in [0, 0.05) is 11.4 Å². The molecule has 0 aliphatic heterocycles. The molecule has 0 saturated heterocycles. The second-order valence-corrected chi connectivity index (χ2v) is 3.69. The lowest BCUT2D eigenvalue weighted by atomic mass is 10.1. The summed E-state index contributed by atoms with van der Waals surface area (Å²) in [6, 6.07) is 7.22. The molecule has 2 N–H and O–H groups in total. The second kappa shape index (κ2) is 4.45. The van der Waals surface area contributed by atoms with Gasteiger partial charge in [0.05, 0.1) is 5.69 Å². The minimum atomic E-state index is -0.581. The van der Waals surface area contributed by atoms with Gasteiger partial charge in [0.25, 0.3) is 0 Å². The van der Waals surface area contributed by atoms with Gasteiger partial charge < -0.3 is 5.73 Å². The van der Waals surface area contributed by atoms with Crippen molar-refractivity contribution < 1.29 is 4.39 Å². The molecule has 0 saturated carbocycles. The van der Waals surface area contributed by atoms with Crippen LogP contribution in [0.25, 0.3) is 0 Å². The van der Waals surface area contributed by atoms with Crippen molar-refractivity contribution in [3.05, 3.63) is 52.7 Å². The molecule has 82 valence electrons. The molecule has 0 spiro atoms. The van der Waals surface area contributed by atoms with Crippen LogP contribution in [0.4, 0.5) is 10.2 Å². The first-order valence-corrected chi connectivity index (χ1v) is 5.04. The molecule has 0 radical (unpaired) electrons. The zero-order valence-electron chi connectivity index (χ0n) is 8.32. The van der Waals surface area contributed by atoms with E-state index < -0.39 is 5.82 Å². The number of nitrogen functional groups attached to an aromatic ring is 1. The molecule has 1 aromatic heterocycles. The van der Waals surface area contributed by atoms with E-state index in [0.717, 1.165) is 5.56 Å². The van der Waals surface area contributed by atoms with Crippen LogP contribution in [0.5, 0.6) is 0 Å². The zero-order chi connectivity index (χ0) is 11.5. The zero-order valence-corrected chi connectivity index (χ0v) is 9.08. The first kappa shape index (κ1) is 10.8. The van der Waals surface area contributed by atoms with E-state index in [2.05, 4.69) is 9.97 Å². The molecule has 5 heteroatoms. The molecule has 16 heavy (non-hydrogen) atoms. The number of hydrogen-bond donors (Lipinski definition) is 1. The summed E-state index contributed by atoms with van der Waals surface area (Å²) in [7, 11) is 0. The van der Waals surface area contributed by atoms with Gasteiger partial charge in [-0.05, 0) is 11.6 Å². The summed E-state index contributed by atoms with van der Waals surface area (Å²) in [5, 5.41) is 0.582. The summed E-state index contributed by atoms with van der Waals surface area (Å²) in [6.07, 6.45) is 1.54. The van der Waals surface area contributed by atoms with Crippen LogP contribution < -0.4 is 5.73 Å². The maximum absolute atomic E-state index is 13.5. The van der Waals surface area contributed by atoms with E-state index in [1.165, 1.54) is 6.33 Å². The van der Waals surface area contributed by atoms with Crippen molar-refractivity contribution in [2.75, 3.05) is 5.73 Å². The fourth-order valence-corrected chi connectivity index (χ4v) is 1.57. The second-order valence-electron chi connectivity index (χ2n) is 3.29. The van der Waals surface area contributed by atoms with E-state index >= 15 is 0 Å². The minimum Gasteiger partial charge on any atom is -0.381 e. The standard InChI is InChI=1S/C11H9ClFN3/c12-8-4-2-1-3-7(8)5-9-10(13)11(14)16-6-15-9/h1-4,6H,5H2,(H2,14,15,16). The van der Waals surface area contributed by atoms with Gasteiger partial charge in [-0.1, -0.05) is 29.8 Å². The van der Waals surface area contributed by atoms with Crippen LogP contribution >= 0.6 is 11.6 Å². The van der Waals surface area contributed by atoms with Gasteiger partial charge in [-0.25, -0.2) is 14.4 Å². The fourth-order valence-electron chi connectivity index (χ4n) is 1.37. The highest BCUT2D eigenvalue weighted by atomic mass is 35.5. The highest BCUT2D eigenvalue weighted by molar-refractivity contribution is 6.31. The van der Waals surface area contributed by atoms with Gasteiger partial charge >= 0.3 is 0 Å². The number of rotatable bonds is 2. The Balaban J connectivity index is 2.35. The molecule has 0 fully saturated rings. The SMILES string of the molecule is Nc1ncnc(Cc2ccccc2Cl)c1F. The van der Waals surface area contributed by atoms with Crippen molar-refractivity contribution in [1.82, 2.24) is 9.97 Å². The van der Waals surface area contributed by atoms with Gasteiger partial charge in [0.15, 0.2) is 11.6 Å². The van der Waals surface area contributed by atoms with E-state index in [9.17, 15) is 4.39 Å². The van der Waals surface area contributed by atoms with Crippen molar-refractivity contribution >= 4 is 17.4 Å². The normalized spacial score (nSPS) is 10.4. The fraction of sp³-hybridized carbons (Fsp3) is 0.0909. The Kier molecular flexibility index (Phi) is 3.01. The Bertz CT molecular complexity index is 516. The lowest BCUT2D eigenvalue weighted by molar-refractivity contribution is 0.602. The number of nitrogens with zero attached hydrogens (tertiary/aromatic N) is 2. The van der Waals surface area contributed by atoms with Crippen molar-refractivity contribution in [3.8, 4) is 0 Å². The Morgan fingerprint density at radius 2 is 2.00 bits per heavy atom. The Morgan fingerprint density at radius 1 is 1.25 bits per heavy atom. The van der Waals surface area contributed by atoms with E-state index in [-0.39, 0.29) is 11.5 Å². The molecule has 3 nitrogen and oxygen atoms in total. The lowest BCUT2D eigenvalue weighted by Gasteiger charge is -2.05. The number of nitrogens with two attached hydrogens (primary N) is 1. The number of halogens is 2. The average Bonchev–Trinajstić information content (AvgIpc) is 2.28. The smallest absolute Gasteiger partial charge is 0.187 e. The molecule has 1 aromatic carbocycles. The van der Waals surface area contributed by atoms with Crippen molar-refractivity contribution in [2.24, 2.45) is 0 Å². The summed E-state index contributed by atoms with van der Waals surface area (Å²) in [4.78, 5) is 7.41. The third kappa shape index (κ3) is 2.12. The molecule has 0 aliphatic carbocycles. The Morgan fingerprint density at radius 3 is 2.75 bits per heavy atom. The molecule has 0 unspecified atom stereocenters. The summed E-state index contributed by atoms with van der Waals surface area (Å²) < 4.78 is 13.5. The third-order valence-corrected chi connectivity index (χ3v) is 2.57. The highest BCUT2D eigenvalue weighted by Gasteiger charge is 2.10. The van der Waals surface area contributed by atoms with Crippen molar-refractivity contribution in [3.63, 3.8) is 0 Å². The molecule has 2 rings (SSSR count). The van der Waals surface area contributed by atoms with Gasteiger partial charge in [-0.15, -0.1) is 0 Å². The Labute approximate surface area is 97.1 Å². The van der Waals surface area contributed by atoms with Gasteiger partial charge in [-0.3, -0.25) is 0 Å². The molecule has 1 heterocycles. The van der Waals surface area contributed by atoms with E-state index in [0.29, 0.717) is 11.4 Å². The van der Waals surface area contributed by atoms with Gasteiger partial charge in [0.1, 0.15) is 6.33 Å². The summed E-state index contributed by atoms with van der Waals surface area (Å²) >= 11 is 5.97.